The molecule has 1 aromatic carbocycles. The quantitative estimate of drug-likeness (QED) is 0.934. The molecule has 0 radical (unpaired) electrons. The molecule has 0 fully saturated rings. The molecular weight excluding hydrogens is 331 g/mol. The van der Waals surface area contributed by atoms with Crippen molar-refractivity contribution in [1.82, 2.24) is 9.97 Å². The predicted molar refractivity (Wildman–Crippen MR) is 69.3 cm³/mol. The Hall–Kier alpha value is -1.87. The van der Waals surface area contributed by atoms with E-state index in [1.165, 1.54) is 0 Å². The van der Waals surface area contributed by atoms with E-state index in [9.17, 15) is 21.6 Å². The molecule has 1 N–H and O–H groups in total. The molecular formula is C11H7ClF3N3O2S. The minimum atomic E-state index is -4.63. The average Bonchev–Trinajstić information content (AvgIpc) is 2.40. The lowest BCUT2D eigenvalue weighted by molar-refractivity contribution is -0.137. The zero-order valence-electron chi connectivity index (χ0n) is 10.1. The fraction of sp³-hybridized carbons (Fsp3) is 0.0909. The van der Waals surface area contributed by atoms with Crippen molar-refractivity contribution < 1.29 is 21.6 Å². The molecule has 1 aromatic heterocycles. The van der Waals surface area contributed by atoms with E-state index in [2.05, 4.69) is 9.97 Å². The molecule has 2 rings (SSSR count). The van der Waals surface area contributed by atoms with Crippen LogP contribution in [0.5, 0.6) is 0 Å². The topological polar surface area (TPSA) is 72.0 Å². The lowest BCUT2D eigenvalue weighted by Gasteiger charge is -2.10. The first-order valence-corrected chi connectivity index (χ1v) is 7.22. The van der Waals surface area contributed by atoms with Crippen LogP contribution in [0, 0.1) is 0 Å². The third kappa shape index (κ3) is 3.82. The van der Waals surface area contributed by atoms with Crippen LogP contribution in [0.1, 0.15) is 5.56 Å². The van der Waals surface area contributed by atoms with Gasteiger partial charge in [0.05, 0.1) is 22.9 Å². The number of hydrogen-bond acceptors (Lipinski definition) is 4. The number of rotatable bonds is 3. The van der Waals surface area contributed by atoms with Gasteiger partial charge in [-0.1, -0.05) is 17.7 Å². The SMILES string of the molecule is O=S(=O)(Nc1cnc(Cl)cn1)c1cccc(C(F)(F)F)c1. The van der Waals surface area contributed by atoms with Gasteiger partial charge in [0, 0.05) is 0 Å². The van der Waals surface area contributed by atoms with Crippen LogP contribution < -0.4 is 4.72 Å². The van der Waals surface area contributed by atoms with Crippen LogP contribution in [0.3, 0.4) is 0 Å². The fourth-order valence-corrected chi connectivity index (χ4v) is 2.54. The Bertz CT molecular complexity index is 748. The Morgan fingerprint density at radius 3 is 2.43 bits per heavy atom. The number of aromatic nitrogens is 2. The minimum Gasteiger partial charge on any atom is -0.262 e. The molecule has 0 unspecified atom stereocenters. The van der Waals surface area contributed by atoms with Gasteiger partial charge in [-0.15, -0.1) is 0 Å². The summed E-state index contributed by atoms with van der Waals surface area (Å²) in [5, 5.41) is 0.0528. The van der Waals surface area contributed by atoms with Gasteiger partial charge in [-0.05, 0) is 18.2 Å². The van der Waals surface area contributed by atoms with Crippen molar-refractivity contribution in [3.05, 3.63) is 47.4 Å². The van der Waals surface area contributed by atoms with Crippen LogP contribution in [-0.2, 0) is 16.2 Å². The van der Waals surface area contributed by atoms with Crippen molar-refractivity contribution in [1.29, 1.82) is 0 Å². The molecule has 2 aromatic rings. The van der Waals surface area contributed by atoms with Gasteiger partial charge < -0.3 is 0 Å². The predicted octanol–water partition coefficient (Wildman–Crippen LogP) is 2.95. The number of halogens is 4. The second-order valence-corrected chi connectivity index (χ2v) is 5.93. The highest BCUT2D eigenvalue weighted by atomic mass is 35.5. The molecule has 112 valence electrons. The van der Waals surface area contributed by atoms with Gasteiger partial charge in [0.2, 0.25) is 0 Å². The van der Waals surface area contributed by atoms with Gasteiger partial charge in [0.25, 0.3) is 10.0 Å². The average molecular weight is 338 g/mol. The second-order valence-electron chi connectivity index (χ2n) is 3.86. The standard InChI is InChI=1S/C11H7ClF3N3O2S/c12-9-5-17-10(6-16-9)18-21(19,20)8-3-1-2-7(4-8)11(13,14)15/h1-6H,(H,17,18). The summed E-state index contributed by atoms with van der Waals surface area (Å²) in [6.07, 6.45) is -2.48. The second kappa shape index (κ2) is 5.49. The van der Waals surface area contributed by atoms with E-state index in [-0.39, 0.29) is 11.0 Å². The Balaban J connectivity index is 2.34. The van der Waals surface area contributed by atoms with Crippen LogP contribution in [0.4, 0.5) is 19.0 Å². The van der Waals surface area contributed by atoms with E-state index in [1.807, 2.05) is 4.72 Å². The van der Waals surface area contributed by atoms with E-state index < -0.39 is 26.7 Å². The summed E-state index contributed by atoms with van der Waals surface area (Å²) < 4.78 is 63.7. The molecule has 0 saturated carbocycles. The monoisotopic (exact) mass is 337 g/mol. The van der Waals surface area contributed by atoms with E-state index in [0.717, 1.165) is 30.6 Å². The third-order valence-electron chi connectivity index (χ3n) is 2.33. The van der Waals surface area contributed by atoms with Crippen LogP contribution in [0.15, 0.2) is 41.6 Å². The maximum absolute atomic E-state index is 12.6. The van der Waals surface area contributed by atoms with Crippen molar-refractivity contribution in [3.8, 4) is 0 Å². The Kier molecular flexibility index (Phi) is 4.06. The molecule has 0 aliphatic heterocycles. The highest BCUT2D eigenvalue weighted by Gasteiger charge is 2.31. The largest absolute Gasteiger partial charge is 0.416 e. The molecule has 0 saturated heterocycles. The number of nitrogens with one attached hydrogen (secondary N) is 1. The summed E-state index contributed by atoms with van der Waals surface area (Å²) >= 11 is 5.50. The molecule has 21 heavy (non-hydrogen) atoms. The van der Waals surface area contributed by atoms with Gasteiger partial charge in [0.1, 0.15) is 5.15 Å². The van der Waals surface area contributed by atoms with E-state index >= 15 is 0 Å². The molecule has 0 atom stereocenters. The van der Waals surface area contributed by atoms with Crippen molar-refractivity contribution in [2.24, 2.45) is 0 Å². The Labute approximate surface area is 122 Å². The number of sulfonamides is 1. The molecule has 0 spiro atoms. The molecule has 0 aliphatic carbocycles. The normalized spacial score (nSPS) is 12.2. The number of benzene rings is 1. The third-order valence-corrected chi connectivity index (χ3v) is 3.88. The number of alkyl halides is 3. The zero-order chi connectivity index (χ0) is 15.7. The summed E-state index contributed by atoms with van der Waals surface area (Å²) in [5.74, 6) is -0.156. The lowest BCUT2D eigenvalue weighted by Crippen LogP contribution is -2.15. The van der Waals surface area contributed by atoms with Crippen molar-refractivity contribution in [3.63, 3.8) is 0 Å². The van der Waals surface area contributed by atoms with Gasteiger partial charge in [-0.25, -0.2) is 18.4 Å². The summed E-state index contributed by atoms with van der Waals surface area (Å²) in [7, 11) is -4.20. The summed E-state index contributed by atoms with van der Waals surface area (Å²) in [6.45, 7) is 0. The van der Waals surface area contributed by atoms with Crippen LogP contribution >= 0.6 is 11.6 Å². The fourth-order valence-electron chi connectivity index (χ4n) is 1.40. The molecule has 0 amide bonds. The maximum atomic E-state index is 12.6. The van der Waals surface area contributed by atoms with Crippen molar-refractivity contribution in [2.75, 3.05) is 4.72 Å². The Morgan fingerprint density at radius 2 is 1.86 bits per heavy atom. The van der Waals surface area contributed by atoms with Gasteiger partial charge >= 0.3 is 6.18 Å². The van der Waals surface area contributed by atoms with E-state index in [1.54, 1.807) is 0 Å². The van der Waals surface area contributed by atoms with Crippen LogP contribution in [0.2, 0.25) is 5.15 Å². The van der Waals surface area contributed by atoms with Crippen molar-refractivity contribution in [2.45, 2.75) is 11.1 Å². The van der Waals surface area contributed by atoms with Crippen molar-refractivity contribution >= 4 is 27.4 Å². The summed E-state index contributed by atoms with van der Waals surface area (Å²) in [6, 6.07) is 3.36. The molecule has 10 heteroatoms. The molecule has 1 heterocycles. The minimum absolute atomic E-state index is 0.0528. The van der Waals surface area contributed by atoms with E-state index in [4.69, 9.17) is 11.6 Å². The van der Waals surface area contributed by atoms with E-state index in [0.29, 0.717) is 6.07 Å². The summed E-state index contributed by atoms with van der Waals surface area (Å²) in [5.41, 5.74) is -1.06. The highest BCUT2D eigenvalue weighted by Crippen LogP contribution is 2.30. The first-order chi connectivity index (χ1) is 9.68. The van der Waals surface area contributed by atoms with Gasteiger partial charge in [-0.2, -0.15) is 13.2 Å². The highest BCUT2D eigenvalue weighted by molar-refractivity contribution is 7.92. The number of anilines is 1. The molecule has 0 bridgehead atoms. The number of nitrogens with zero attached hydrogens (tertiary/aromatic N) is 2. The lowest BCUT2D eigenvalue weighted by atomic mass is 10.2. The maximum Gasteiger partial charge on any atom is 0.416 e. The number of hydrogen-bond donors (Lipinski definition) is 1. The van der Waals surface area contributed by atoms with Gasteiger partial charge in [-0.3, -0.25) is 4.72 Å². The smallest absolute Gasteiger partial charge is 0.262 e. The first kappa shape index (κ1) is 15.5. The first-order valence-electron chi connectivity index (χ1n) is 5.36. The Morgan fingerprint density at radius 1 is 1.14 bits per heavy atom. The van der Waals surface area contributed by atoms with Crippen LogP contribution in [-0.4, -0.2) is 18.4 Å². The molecule has 5 nitrogen and oxygen atoms in total. The summed E-state index contributed by atoms with van der Waals surface area (Å²) in [4.78, 5) is 6.73. The van der Waals surface area contributed by atoms with Gasteiger partial charge in [0.15, 0.2) is 5.82 Å². The van der Waals surface area contributed by atoms with Crippen LogP contribution in [0.25, 0.3) is 0 Å². The molecule has 0 aliphatic rings. The zero-order valence-corrected chi connectivity index (χ0v) is 11.7.